The minimum atomic E-state index is -0.467. The molecule has 1 aliphatic heterocycles. The lowest BCUT2D eigenvalue weighted by molar-refractivity contribution is -0.121. The number of nitrogens with zero attached hydrogens (tertiary/aromatic N) is 1. The number of benzene rings is 1. The molecule has 1 saturated heterocycles. The summed E-state index contributed by atoms with van der Waals surface area (Å²) in [5.41, 5.74) is 0.584. The lowest BCUT2D eigenvalue weighted by Gasteiger charge is -2.16. The van der Waals surface area contributed by atoms with Gasteiger partial charge in [-0.05, 0) is 30.7 Å². The third kappa shape index (κ3) is 3.74. The monoisotopic (exact) mass is 302 g/mol. The smallest absolute Gasteiger partial charge is 0.251 e. The molecule has 1 aliphatic rings. The second kappa shape index (κ2) is 7.75. The van der Waals surface area contributed by atoms with Crippen molar-refractivity contribution in [1.82, 2.24) is 5.32 Å². The maximum atomic E-state index is 12.3. The summed E-state index contributed by atoms with van der Waals surface area (Å²) in [6.07, 6.45) is 3.93. The Labute approximate surface area is 130 Å². The van der Waals surface area contributed by atoms with Crippen LogP contribution in [0, 0.1) is 0 Å². The van der Waals surface area contributed by atoms with Crippen molar-refractivity contribution < 1.29 is 14.3 Å². The Hall–Kier alpha value is -2.14. The number of ether oxygens (including phenoxy) is 1. The van der Waals surface area contributed by atoms with Gasteiger partial charge in [-0.3, -0.25) is 9.59 Å². The van der Waals surface area contributed by atoms with E-state index in [2.05, 4.69) is 18.8 Å². The van der Waals surface area contributed by atoms with Gasteiger partial charge in [-0.1, -0.05) is 19.4 Å². The number of hydrogen-bond donors (Lipinski definition) is 1. The SMILES string of the molecule is C=CCNC1CC(=O)N(c2ccc(OCCCC)cc2)C1=O. The zero-order valence-electron chi connectivity index (χ0n) is 12.9. The predicted molar refractivity (Wildman–Crippen MR) is 85.9 cm³/mol. The average Bonchev–Trinajstić information content (AvgIpc) is 2.80. The van der Waals surface area contributed by atoms with Gasteiger partial charge in [0.25, 0.3) is 5.91 Å². The van der Waals surface area contributed by atoms with Crippen LogP contribution in [0.25, 0.3) is 0 Å². The fraction of sp³-hybridized carbons (Fsp3) is 0.412. The van der Waals surface area contributed by atoms with E-state index in [1.54, 1.807) is 30.3 Å². The lowest BCUT2D eigenvalue weighted by Crippen LogP contribution is -2.38. The summed E-state index contributed by atoms with van der Waals surface area (Å²) in [4.78, 5) is 25.6. The molecule has 0 spiro atoms. The molecule has 118 valence electrons. The summed E-state index contributed by atoms with van der Waals surface area (Å²) < 4.78 is 5.58. The largest absolute Gasteiger partial charge is 0.494 e. The summed E-state index contributed by atoms with van der Waals surface area (Å²) in [5.74, 6) is 0.343. The maximum Gasteiger partial charge on any atom is 0.251 e. The predicted octanol–water partition coefficient (Wildman–Crippen LogP) is 2.27. The van der Waals surface area contributed by atoms with Gasteiger partial charge >= 0.3 is 0 Å². The molecule has 1 N–H and O–H groups in total. The van der Waals surface area contributed by atoms with Crippen LogP contribution in [0.4, 0.5) is 5.69 Å². The second-order valence-electron chi connectivity index (χ2n) is 5.22. The van der Waals surface area contributed by atoms with Gasteiger partial charge < -0.3 is 10.1 Å². The number of imide groups is 1. The maximum absolute atomic E-state index is 12.3. The van der Waals surface area contributed by atoms with Gasteiger partial charge in [-0.15, -0.1) is 6.58 Å². The summed E-state index contributed by atoms with van der Waals surface area (Å²) in [5, 5.41) is 3.00. The number of nitrogens with one attached hydrogen (secondary N) is 1. The van der Waals surface area contributed by atoms with Crippen molar-refractivity contribution in [3.8, 4) is 5.75 Å². The highest BCUT2D eigenvalue weighted by molar-refractivity contribution is 6.22. The number of anilines is 1. The van der Waals surface area contributed by atoms with Gasteiger partial charge in [0.15, 0.2) is 0 Å². The number of hydrogen-bond acceptors (Lipinski definition) is 4. The van der Waals surface area contributed by atoms with Crippen LogP contribution in [0.2, 0.25) is 0 Å². The van der Waals surface area contributed by atoms with Gasteiger partial charge in [0.05, 0.1) is 24.8 Å². The second-order valence-corrected chi connectivity index (χ2v) is 5.22. The molecule has 0 aliphatic carbocycles. The van der Waals surface area contributed by atoms with Gasteiger partial charge in [-0.25, -0.2) is 4.90 Å². The van der Waals surface area contributed by atoms with Crippen molar-refractivity contribution in [2.24, 2.45) is 0 Å². The molecular formula is C17H22N2O3. The Morgan fingerprint density at radius 2 is 2.09 bits per heavy atom. The summed E-state index contributed by atoms with van der Waals surface area (Å²) >= 11 is 0. The van der Waals surface area contributed by atoms with E-state index in [-0.39, 0.29) is 18.2 Å². The van der Waals surface area contributed by atoms with Crippen LogP contribution in [0.1, 0.15) is 26.2 Å². The highest BCUT2D eigenvalue weighted by atomic mass is 16.5. The molecule has 0 radical (unpaired) electrons. The van der Waals surface area contributed by atoms with Crippen LogP contribution in [0.15, 0.2) is 36.9 Å². The summed E-state index contributed by atoms with van der Waals surface area (Å²) in [6.45, 7) is 6.88. The van der Waals surface area contributed by atoms with Crippen molar-refractivity contribution in [3.63, 3.8) is 0 Å². The van der Waals surface area contributed by atoms with Gasteiger partial charge in [-0.2, -0.15) is 0 Å². The van der Waals surface area contributed by atoms with E-state index < -0.39 is 6.04 Å². The molecule has 1 fully saturated rings. The number of carbonyl (C=O) groups excluding carboxylic acids is 2. The number of amides is 2. The average molecular weight is 302 g/mol. The first-order chi connectivity index (χ1) is 10.7. The van der Waals surface area contributed by atoms with Gasteiger partial charge in [0, 0.05) is 6.54 Å². The van der Waals surface area contributed by atoms with E-state index in [0.717, 1.165) is 18.6 Å². The molecule has 2 amide bonds. The van der Waals surface area contributed by atoms with E-state index >= 15 is 0 Å². The van der Waals surface area contributed by atoms with Crippen LogP contribution in [-0.4, -0.2) is 31.0 Å². The molecule has 1 aromatic carbocycles. The van der Waals surface area contributed by atoms with Crippen LogP contribution < -0.4 is 15.0 Å². The quantitative estimate of drug-likeness (QED) is 0.455. The molecule has 0 saturated carbocycles. The minimum Gasteiger partial charge on any atom is -0.494 e. The van der Waals surface area contributed by atoms with Crippen molar-refractivity contribution in [1.29, 1.82) is 0 Å². The summed E-state index contributed by atoms with van der Waals surface area (Å²) in [6, 6.07) is 6.59. The van der Waals surface area contributed by atoms with Crippen molar-refractivity contribution >= 4 is 17.5 Å². The van der Waals surface area contributed by atoms with Gasteiger partial charge in [0.2, 0.25) is 5.91 Å². The molecule has 0 aromatic heterocycles. The Morgan fingerprint density at radius 3 is 2.73 bits per heavy atom. The first-order valence-electron chi connectivity index (χ1n) is 7.61. The van der Waals surface area contributed by atoms with Crippen LogP contribution in [0.3, 0.4) is 0 Å². The van der Waals surface area contributed by atoms with Gasteiger partial charge in [0.1, 0.15) is 5.75 Å². The van der Waals surface area contributed by atoms with Crippen LogP contribution >= 0.6 is 0 Å². The van der Waals surface area contributed by atoms with Crippen molar-refractivity contribution in [2.75, 3.05) is 18.1 Å². The van der Waals surface area contributed by atoms with Crippen LogP contribution in [0.5, 0.6) is 5.75 Å². The van der Waals surface area contributed by atoms with E-state index in [4.69, 9.17) is 4.74 Å². The molecule has 5 nitrogen and oxygen atoms in total. The van der Waals surface area contributed by atoms with E-state index in [9.17, 15) is 9.59 Å². The highest BCUT2D eigenvalue weighted by Crippen LogP contribution is 2.25. The van der Waals surface area contributed by atoms with E-state index in [1.165, 1.54) is 4.90 Å². The zero-order valence-corrected chi connectivity index (χ0v) is 12.9. The molecule has 1 aromatic rings. The molecule has 1 heterocycles. The van der Waals surface area contributed by atoms with E-state index in [1.807, 2.05) is 0 Å². The fourth-order valence-electron chi connectivity index (χ4n) is 2.31. The minimum absolute atomic E-state index is 0.182. The highest BCUT2D eigenvalue weighted by Gasteiger charge is 2.38. The third-order valence-electron chi connectivity index (χ3n) is 3.52. The molecule has 5 heteroatoms. The Kier molecular flexibility index (Phi) is 5.72. The Balaban J connectivity index is 2.03. The fourth-order valence-corrected chi connectivity index (χ4v) is 2.31. The number of rotatable bonds is 8. The topological polar surface area (TPSA) is 58.6 Å². The Bertz CT molecular complexity index is 539. The first-order valence-corrected chi connectivity index (χ1v) is 7.61. The Morgan fingerprint density at radius 1 is 1.36 bits per heavy atom. The van der Waals surface area contributed by atoms with E-state index in [0.29, 0.717) is 18.8 Å². The number of carbonyl (C=O) groups is 2. The third-order valence-corrected chi connectivity index (χ3v) is 3.52. The normalized spacial score (nSPS) is 17.9. The van der Waals surface area contributed by atoms with Crippen LogP contribution in [-0.2, 0) is 9.59 Å². The summed E-state index contributed by atoms with van der Waals surface area (Å²) in [7, 11) is 0. The first kappa shape index (κ1) is 16.2. The molecule has 22 heavy (non-hydrogen) atoms. The molecule has 1 unspecified atom stereocenters. The molecule has 1 atom stereocenters. The molecular weight excluding hydrogens is 280 g/mol. The number of unbranched alkanes of at least 4 members (excludes halogenated alkanes) is 1. The van der Waals surface area contributed by atoms with Crippen molar-refractivity contribution in [3.05, 3.63) is 36.9 Å². The zero-order chi connectivity index (χ0) is 15.9. The molecule has 2 rings (SSSR count). The van der Waals surface area contributed by atoms with Crippen molar-refractivity contribution in [2.45, 2.75) is 32.2 Å². The lowest BCUT2D eigenvalue weighted by atomic mass is 10.2. The standard InChI is InChI=1S/C17H22N2O3/c1-3-5-11-22-14-8-6-13(7-9-14)19-16(20)12-15(17(19)21)18-10-4-2/h4,6-9,15,18H,2-3,5,10-12H2,1H3. The molecule has 0 bridgehead atoms.